The van der Waals surface area contributed by atoms with Crippen LogP contribution < -0.4 is 16.0 Å². The Morgan fingerprint density at radius 1 is 1.53 bits per heavy atom. The van der Waals surface area contributed by atoms with Gasteiger partial charge in [0.1, 0.15) is 11.4 Å². The van der Waals surface area contributed by atoms with E-state index in [2.05, 4.69) is 48.9 Å². The van der Waals surface area contributed by atoms with E-state index in [-0.39, 0.29) is 6.04 Å². The van der Waals surface area contributed by atoms with E-state index in [0.29, 0.717) is 6.42 Å². The van der Waals surface area contributed by atoms with Crippen LogP contribution in [0.1, 0.15) is 22.9 Å². The molecule has 0 bridgehead atoms. The van der Waals surface area contributed by atoms with Crippen molar-refractivity contribution in [1.29, 1.82) is 0 Å². The number of halogens is 1. The molecule has 1 unspecified atom stereocenters. The monoisotopic (exact) mass is 323 g/mol. The van der Waals surface area contributed by atoms with Crippen LogP contribution in [0.4, 0.5) is 0 Å². The quantitative estimate of drug-likeness (QED) is 0.582. The molecule has 0 aliphatic carbocycles. The normalized spacial score (nSPS) is 15.1. The Balaban J connectivity index is 1.90. The van der Waals surface area contributed by atoms with Gasteiger partial charge in [-0.05, 0) is 29.7 Å². The first kappa shape index (κ1) is 12.6. The predicted octanol–water partition coefficient (Wildman–Crippen LogP) is 1.25. The van der Waals surface area contributed by atoms with Crippen LogP contribution in [0.3, 0.4) is 0 Å². The lowest BCUT2D eigenvalue weighted by Gasteiger charge is -2.15. The summed E-state index contributed by atoms with van der Waals surface area (Å²) in [5.41, 5.74) is 5.91. The number of hydrogen-bond acceptors (Lipinski definition) is 5. The second-order valence-corrected chi connectivity index (χ2v) is 5.39. The van der Waals surface area contributed by atoms with Gasteiger partial charge in [0, 0.05) is 10.9 Å². The Morgan fingerprint density at radius 3 is 3.16 bits per heavy atom. The Hall–Kier alpha value is -1.44. The molecule has 1 atom stereocenters. The number of ether oxygens (including phenoxy) is 1. The van der Waals surface area contributed by atoms with E-state index < -0.39 is 0 Å². The van der Waals surface area contributed by atoms with Crippen molar-refractivity contribution in [2.75, 3.05) is 6.61 Å². The molecule has 0 radical (unpaired) electrons. The number of hydrogen-bond donors (Lipinski definition) is 3. The highest BCUT2D eigenvalue weighted by molar-refractivity contribution is 9.10. The van der Waals surface area contributed by atoms with Crippen LogP contribution >= 0.6 is 15.9 Å². The second kappa shape index (κ2) is 5.28. The molecule has 2 aromatic rings. The lowest BCUT2D eigenvalue weighted by atomic mass is 10.0. The minimum atomic E-state index is -0.0960. The third-order valence-electron chi connectivity index (χ3n) is 3.24. The number of nitrogens with zero attached hydrogens (tertiary/aromatic N) is 2. The van der Waals surface area contributed by atoms with Gasteiger partial charge in [0.2, 0.25) is 0 Å². The summed E-state index contributed by atoms with van der Waals surface area (Å²) in [6.07, 6.45) is 3.32. The average Bonchev–Trinajstić information content (AvgIpc) is 3.05. The molecule has 0 spiro atoms. The van der Waals surface area contributed by atoms with E-state index in [1.165, 1.54) is 5.56 Å². The van der Waals surface area contributed by atoms with Crippen molar-refractivity contribution in [1.82, 2.24) is 20.8 Å². The molecule has 3 rings (SSSR count). The van der Waals surface area contributed by atoms with Gasteiger partial charge >= 0.3 is 0 Å². The molecule has 2 heterocycles. The number of aromatic nitrogens is 3. The van der Waals surface area contributed by atoms with Crippen LogP contribution in [0.5, 0.6) is 5.75 Å². The highest BCUT2D eigenvalue weighted by Gasteiger charge is 2.21. The third kappa shape index (κ3) is 2.49. The zero-order valence-corrected chi connectivity index (χ0v) is 11.8. The molecule has 19 heavy (non-hydrogen) atoms. The van der Waals surface area contributed by atoms with E-state index in [1.807, 2.05) is 0 Å². The first-order valence-corrected chi connectivity index (χ1v) is 6.83. The number of benzene rings is 1. The van der Waals surface area contributed by atoms with Crippen LogP contribution in [0, 0.1) is 0 Å². The molecule has 100 valence electrons. The maximum absolute atomic E-state index is 5.71. The largest absolute Gasteiger partial charge is 0.493 e. The van der Waals surface area contributed by atoms with Crippen molar-refractivity contribution in [2.24, 2.45) is 5.84 Å². The SMILES string of the molecule is NNC(Cc1cc(Br)cc2c1OCC2)c1cn[nH]n1. The smallest absolute Gasteiger partial charge is 0.125 e. The molecule has 1 aliphatic rings. The maximum Gasteiger partial charge on any atom is 0.125 e. The zero-order chi connectivity index (χ0) is 13.2. The van der Waals surface area contributed by atoms with E-state index in [9.17, 15) is 0 Å². The fourth-order valence-electron chi connectivity index (χ4n) is 2.34. The number of fused-ring (bicyclic) bond motifs is 1. The van der Waals surface area contributed by atoms with Gasteiger partial charge in [0.25, 0.3) is 0 Å². The molecule has 1 aromatic heterocycles. The van der Waals surface area contributed by atoms with Gasteiger partial charge in [-0.3, -0.25) is 11.3 Å². The summed E-state index contributed by atoms with van der Waals surface area (Å²) in [6, 6.07) is 4.07. The van der Waals surface area contributed by atoms with Crippen molar-refractivity contribution in [3.05, 3.63) is 39.6 Å². The number of rotatable bonds is 4. The molecule has 1 aliphatic heterocycles. The number of hydrazine groups is 1. The first-order valence-electron chi connectivity index (χ1n) is 6.04. The Bertz CT molecular complexity index is 572. The Morgan fingerprint density at radius 2 is 2.42 bits per heavy atom. The van der Waals surface area contributed by atoms with E-state index in [0.717, 1.165) is 34.5 Å². The van der Waals surface area contributed by atoms with Crippen LogP contribution in [0.15, 0.2) is 22.8 Å². The van der Waals surface area contributed by atoms with Crippen molar-refractivity contribution in [3.8, 4) is 5.75 Å². The third-order valence-corrected chi connectivity index (χ3v) is 3.70. The van der Waals surface area contributed by atoms with Crippen LogP contribution in [0.2, 0.25) is 0 Å². The molecular weight excluding hydrogens is 310 g/mol. The lowest BCUT2D eigenvalue weighted by Crippen LogP contribution is -2.30. The predicted molar refractivity (Wildman–Crippen MR) is 73.5 cm³/mol. The molecule has 0 fully saturated rings. The Labute approximate surface area is 118 Å². The summed E-state index contributed by atoms with van der Waals surface area (Å²) < 4.78 is 6.77. The number of H-pyrrole nitrogens is 1. The standard InChI is InChI=1S/C12H14BrN5O/c13-9-3-7-1-2-19-12(7)8(4-9)5-10(16-14)11-6-15-18-17-11/h3-4,6,10,16H,1-2,5,14H2,(H,15,17,18). The number of nitrogens with one attached hydrogen (secondary N) is 2. The van der Waals surface area contributed by atoms with E-state index in [4.69, 9.17) is 10.6 Å². The summed E-state index contributed by atoms with van der Waals surface area (Å²) >= 11 is 3.53. The molecule has 7 heteroatoms. The van der Waals surface area contributed by atoms with Crippen molar-refractivity contribution in [2.45, 2.75) is 18.9 Å². The minimum absolute atomic E-state index is 0.0960. The molecule has 4 N–H and O–H groups in total. The molecule has 6 nitrogen and oxygen atoms in total. The van der Waals surface area contributed by atoms with Crippen LogP contribution in [-0.2, 0) is 12.8 Å². The maximum atomic E-state index is 5.71. The van der Waals surface area contributed by atoms with Gasteiger partial charge in [-0.1, -0.05) is 15.9 Å². The lowest BCUT2D eigenvalue weighted by molar-refractivity contribution is 0.351. The molecule has 0 amide bonds. The Kier molecular flexibility index (Phi) is 3.50. The van der Waals surface area contributed by atoms with Crippen molar-refractivity contribution >= 4 is 15.9 Å². The van der Waals surface area contributed by atoms with Gasteiger partial charge in [-0.2, -0.15) is 15.4 Å². The molecule has 0 saturated carbocycles. The average molecular weight is 324 g/mol. The summed E-state index contributed by atoms with van der Waals surface area (Å²) in [5.74, 6) is 6.59. The molecule has 0 saturated heterocycles. The van der Waals surface area contributed by atoms with Gasteiger partial charge in [-0.15, -0.1) is 0 Å². The fourth-order valence-corrected chi connectivity index (χ4v) is 2.90. The van der Waals surface area contributed by atoms with Crippen molar-refractivity contribution in [3.63, 3.8) is 0 Å². The van der Waals surface area contributed by atoms with Gasteiger partial charge in [0.05, 0.1) is 18.8 Å². The molecular formula is C12H14BrN5O. The fraction of sp³-hybridized carbons (Fsp3) is 0.333. The topological polar surface area (TPSA) is 88.9 Å². The first-order chi connectivity index (χ1) is 9.28. The van der Waals surface area contributed by atoms with Crippen LogP contribution in [0.25, 0.3) is 0 Å². The summed E-state index contributed by atoms with van der Waals surface area (Å²) in [5, 5.41) is 10.5. The number of nitrogens with two attached hydrogens (primary N) is 1. The minimum Gasteiger partial charge on any atom is -0.493 e. The van der Waals surface area contributed by atoms with Gasteiger partial charge in [0.15, 0.2) is 0 Å². The van der Waals surface area contributed by atoms with Crippen LogP contribution in [-0.4, -0.2) is 22.0 Å². The van der Waals surface area contributed by atoms with Gasteiger partial charge < -0.3 is 4.74 Å². The second-order valence-electron chi connectivity index (χ2n) is 4.47. The summed E-state index contributed by atoms with van der Waals surface area (Å²) in [4.78, 5) is 0. The van der Waals surface area contributed by atoms with E-state index in [1.54, 1.807) is 6.20 Å². The number of aromatic amines is 1. The molecule has 1 aromatic carbocycles. The summed E-state index contributed by atoms with van der Waals surface area (Å²) in [7, 11) is 0. The highest BCUT2D eigenvalue weighted by Crippen LogP contribution is 2.35. The summed E-state index contributed by atoms with van der Waals surface area (Å²) in [6.45, 7) is 0.740. The highest BCUT2D eigenvalue weighted by atomic mass is 79.9. The zero-order valence-electron chi connectivity index (χ0n) is 10.2. The van der Waals surface area contributed by atoms with Gasteiger partial charge in [-0.25, -0.2) is 0 Å². The van der Waals surface area contributed by atoms with Crippen molar-refractivity contribution < 1.29 is 4.74 Å². The van der Waals surface area contributed by atoms with E-state index >= 15 is 0 Å².